The van der Waals surface area contributed by atoms with E-state index in [9.17, 15) is 8.42 Å². The summed E-state index contributed by atoms with van der Waals surface area (Å²) < 4.78 is 33.8. The van der Waals surface area contributed by atoms with Crippen LogP contribution in [0, 0.1) is 42.1 Å². The molecule has 6 heteroatoms. The minimum Gasteiger partial charge on any atom is -0.501 e. The van der Waals surface area contributed by atoms with Gasteiger partial charge in [0, 0.05) is 17.4 Å². The Morgan fingerprint density at radius 1 is 1.11 bits per heavy atom. The average Bonchev–Trinajstić information content (AvgIpc) is 3.22. The van der Waals surface area contributed by atoms with Crippen molar-refractivity contribution < 1.29 is 13.2 Å². The number of methoxy groups -OCH3 is 1. The Morgan fingerprint density at radius 2 is 1.83 bits per heavy atom. The van der Waals surface area contributed by atoms with Crippen molar-refractivity contribution in [3.8, 4) is 0 Å². The fourth-order valence-electron chi connectivity index (χ4n) is 7.98. The van der Waals surface area contributed by atoms with Crippen molar-refractivity contribution in [1.82, 2.24) is 0 Å². The van der Waals surface area contributed by atoms with Crippen LogP contribution in [-0.4, -0.2) is 25.7 Å². The van der Waals surface area contributed by atoms with Gasteiger partial charge < -0.3 is 4.74 Å². The maximum atomic E-state index is 14.1. The smallest absolute Gasteiger partial charge is 0.364 e. The number of hydrogen-bond donors (Lipinski definition) is 0. The lowest BCUT2D eigenvalue weighted by atomic mass is 9.48. The first-order valence-corrected chi connectivity index (χ1v) is 15.6. The zero-order valence-corrected chi connectivity index (χ0v) is 24.1. The van der Waals surface area contributed by atoms with Crippen LogP contribution in [0.5, 0.6) is 0 Å². The Kier molecular flexibility index (Phi) is 6.36. The third-order valence-corrected chi connectivity index (χ3v) is 13.6. The molecule has 1 aromatic rings. The summed E-state index contributed by atoms with van der Waals surface area (Å²) in [4.78, 5) is 2.54. The van der Waals surface area contributed by atoms with Crippen LogP contribution < -0.4 is 0 Å². The molecule has 192 valence electrons. The van der Waals surface area contributed by atoms with Crippen molar-refractivity contribution in [2.45, 2.75) is 69.1 Å². The summed E-state index contributed by atoms with van der Waals surface area (Å²) in [6.45, 7) is 14.8. The van der Waals surface area contributed by atoms with Crippen LogP contribution in [0.25, 0.3) is 4.85 Å². The largest absolute Gasteiger partial charge is 0.501 e. The Morgan fingerprint density at radius 3 is 2.47 bits per heavy atom. The number of halogens is 1. The monoisotopic (exact) mass is 569 g/mol. The van der Waals surface area contributed by atoms with Gasteiger partial charge in [-0.05, 0) is 86.0 Å². The normalized spacial score (nSPS) is 35.1. The Bertz CT molecular complexity index is 1300. The van der Waals surface area contributed by atoms with E-state index in [1.54, 1.807) is 19.2 Å². The van der Waals surface area contributed by atoms with Crippen molar-refractivity contribution in [3.63, 3.8) is 0 Å². The van der Waals surface area contributed by atoms with Crippen LogP contribution >= 0.6 is 15.9 Å². The van der Waals surface area contributed by atoms with Gasteiger partial charge in [0.25, 0.3) is 9.84 Å². The van der Waals surface area contributed by atoms with Gasteiger partial charge in [0.15, 0.2) is 0 Å². The lowest BCUT2D eigenvalue weighted by molar-refractivity contribution is -0.0131. The maximum absolute atomic E-state index is 14.1. The molecular weight excluding hydrogens is 534 g/mol. The number of allylic oxidation sites excluding steroid dienone is 5. The third kappa shape index (κ3) is 3.45. The lowest BCUT2D eigenvalue weighted by Crippen LogP contribution is -2.52. The molecule has 4 aliphatic rings. The molecule has 0 amide bonds. The van der Waals surface area contributed by atoms with Crippen LogP contribution in [0.15, 0.2) is 64.3 Å². The minimum atomic E-state index is -3.92. The molecule has 1 unspecified atom stereocenters. The van der Waals surface area contributed by atoms with E-state index in [0.29, 0.717) is 17.8 Å². The van der Waals surface area contributed by atoms with Crippen molar-refractivity contribution in [1.29, 1.82) is 0 Å². The zero-order chi connectivity index (χ0) is 25.9. The van der Waals surface area contributed by atoms with Gasteiger partial charge in [-0.25, -0.2) is 15.0 Å². The van der Waals surface area contributed by atoms with Crippen LogP contribution in [0.2, 0.25) is 0 Å². The van der Waals surface area contributed by atoms with Crippen molar-refractivity contribution in [2.24, 2.45) is 28.6 Å². The van der Waals surface area contributed by atoms with E-state index in [2.05, 4.69) is 52.9 Å². The summed E-state index contributed by atoms with van der Waals surface area (Å²) in [6, 6.07) is 6.93. The van der Waals surface area contributed by atoms with E-state index in [4.69, 9.17) is 11.3 Å². The fourth-order valence-corrected chi connectivity index (χ4v) is 11.1. The summed E-state index contributed by atoms with van der Waals surface area (Å²) in [5.41, 5.74) is 3.06. The van der Waals surface area contributed by atoms with E-state index in [1.165, 1.54) is 5.57 Å². The summed E-state index contributed by atoms with van der Waals surface area (Å²) in [5.74, 6) is 2.48. The van der Waals surface area contributed by atoms with Gasteiger partial charge in [0.1, 0.15) is 5.33 Å². The lowest BCUT2D eigenvalue weighted by Gasteiger charge is -2.57. The molecule has 1 fully saturated rings. The molecule has 6 atom stereocenters. The number of hydrogen-bond acceptors (Lipinski definition) is 3. The number of aryl methyl sites for hydroxylation is 1. The molecule has 0 aromatic heterocycles. The third-order valence-electron chi connectivity index (χ3n) is 10.1. The second-order valence-corrected chi connectivity index (χ2v) is 14.4. The van der Waals surface area contributed by atoms with Crippen molar-refractivity contribution >= 4 is 25.8 Å². The van der Waals surface area contributed by atoms with E-state index in [1.807, 2.05) is 19.1 Å². The SMILES string of the molecule is [C-]#[N+]C(CBr)(C1=CC[C@H]2[C@@H]3CC=C4C=C(OC)CC[C@]4(C)[C@H]3CC[C@]12C)S(=O)(=O)c1ccc(C)cc1. The van der Waals surface area contributed by atoms with Crippen LogP contribution in [0.4, 0.5) is 0 Å². The molecule has 1 aromatic carbocycles. The van der Waals surface area contributed by atoms with Crippen LogP contribution in [0.3, 0.4) is 0 Å². The van der Waals surface area contributed by atoms with Crippen molar-refractivity contribution in [3.05, 3.63) is 76.4 Å². The second-order valence-electron chi connectivity index (χ2n) is 11.7. The van der Waals surface area contributed by atoms with Gasteiger partial charge >= 0.3 is 4.87 Å². The molecule has 0 aliphatic heterocycles. The van der Waals surface area contributed by atoms with Crippen LogP contribution in [-0.2, 0) is 14.6 Å². The first-order valence-electron chi connectivity index (χ1n) is 13.0. The van der Waals surface area contributed by atoms with E-state index in [0.717, 1.165) is 55.4 Å². The topological polar surface area (TPSA) is 47.7 Å². The van der Waals surface area contributed by atoms with Gasteiger partial charge in [-0.15, -0.1) is 0 Å². The highest BCUT2D eigenvalue weighted by Gasteiger charge is 2.65. The zero-order valence-electron chi connectivity index (χ0n) is 21.7. The second kappa shape index (κ2) is 8.88. The van der Waals surface area contributed by atoms with E-state index < -0.39 is 14.7 Å². The highest BCUT2D eigenvalue weighted by Crippen LogP contribution is 2.66. The molecule has 0 N–H and O–H groups in total. The van der Waals surface area contributed by atoms with Gasteiger partial charge in [-0.3, -0.25) is 4.85 Å². The fraction of sp³-hybridized carbons (Fsp3) is 0.567. The van der Waals surface area contributed by atoms with Gasteiger partial charge in [0.2, 0.25) is 0 Å². The number of fused-ring (bicyclic) bond motifs is 5. The Balaban J connectivity index is 1.53. The predicted octanol–water partition coefficient (Wildman–Crippen LogP) is 7.42. The summed E-state index contributed by atoms with van der Waals surface area (Å²) in [5, 5.41) is 0.0777. The van der Waals surface area contributed by atoms with Crippen LogP contribution in [0.1, 0.15) is 57.9 Å². The first-order chi connectivity index (χ1) is 17.1. The van der Waals surface area contributed by atoms with E-state index in [-0.39, 0.29) is 21.1 Å². The maximum Gasteiger partial charge on any atom is 0.364 e. The molecule has 1 saturated carbocycles. The molecule has 4 aliphatic carbocycles. The Hall–Kier alpha value is -1.84. The van der Waals surface area contributed by atoms with Crippen molar-refractivity contribution in [2.75, 3.05) is 12.4 Å². The van der Waals surface area contributed by atoms with E-state index >= 15 is 0 Å². The highest BCUT2D eigenvalue weighted by molar-refractivity contribution is 9.09. The molecule has 0 heterocycles. The molecule has 0 spiro atoms. The summed E-state index contributed by atoms with van der Waals surface area (Å²) in [6.07, 6.45) is 12.7. The average molecular weight is 571 g/mol. The molecular formula is C30H36BrNO3S. The highest BCUT2D eigenvalue weighted by atomic mass is 79.9. The van der Waals surface area contributed by atoms with Gasteiger partial charge in [0.05, 0.1) is 17.8 Å². The molecule has 0 bridgehead atoms. The summed E-state index contributed by atoms with van der Waals surface area (Å²) in [7, 11) is -2.16. The molecule has 4 nitrogen and oxygen atoms in total. The first kappa shape index (κ1) is 25.8. The number of sulfone groups is 1. The number of benzene rings is 1. The summed E-state index contributed by atoms with van der Waals surface area (Å²) >= 11 is 3.51. The molecule has 0 radical (unpaired) electrons. The van der Waals surface area contributed by atoms with Gasteiger partial charge in [-0.1, -0.05) is 59.6 Å². The number of ether oxygens (including phenoxy) is 1. The number of rotatable bonds is 5. The predicted molar refractivity (Wildman–Crippen MR) is 147 cm³/mol. The Labute approximate surface area is 224 Å². The molecule has 0 saturated heterocycles. The molecule has 36 heavy (non-hydrogen) atoms. The molecule has 5 rings (SSSR count). The minimum absolute atomic E-state index is 0.0777. The van der Waals surface area contributed by atoms with Gasteiger partial charge in [-0.2, -0.15) is 0 Å². The number of nitrogens with zero attached hydrogens (tertiary/aromatic N) is 1. The standard InChI is InChI=1S/C30H36BrNO3S/c1-20-6-9-23(10-7-20)36(33,34)30(19-31,32-4)27-13-12-25-24-11-8-21-18-22(35-5)14-16-28(21,2)26(24)15-17-29(25,27)3/h6-10,13,18,24-26H,11-12,14-17,19H2,1-3,5H3/t24-,25-,26-,28-,29-,30?/m0/s1. The quantitative estimate of drug-likeness (QED) is 0.210. The number of alkyl halides is 1.